The van der Waals surface area contributed by atoms with E-state index in [2.05, 4.69) is 20.5 Å². The van der Waals surface area contributed by atoms with Gasteiger partial charge in [0.25, 0.3) is 5.91 Å². The fraction of sp³-hybridized carbons (Fsp3) is 0.383. The number of amides is 2. The molecule has 2 amide bonds. The number of carbonyl (C=O) groups is 2. The molecule has 13 heteroatoms. The molecule has 0 saturated carbocycles. The highest BCUT2D eigenvalue weighted by atomic mass is 16.6. The SMILES string of the molecule is COc1cc(C(=O)N2CCC(COc3cccc([C@@H](NC(=O)O[C@@H]4CN5CCC4CC5)c4ccccc4)c3)CC2)ccc1CNC[C@H](O)c1ccc(O)c2[nH]c(=O)ccc12. The first-order valence-corrected chi connectivity index (χ1v) is 20.9. The zero-order valence-electron chi connectivity index (χ0n) is 33.8. The number of ether oxygens (including phenoxy) is 3. The number of nitrogens with one attached hydrogen (secondary N) is 3. The fourth-order valence-electron chi connectivity index (χ4n) is 8.85. The highest BCUT2D eigenvalue weighted by molar-refractivity contribution is 5.95. The topological polar surface area (TPSA) is 166 Å². The number of H-pyrrole nitrogens is 1. The number of fused-ring (bicyclic) bond motifs is 4. The zero-order chi connectivity index (χ0) is 41.6. The number of pyridine rings is 1. The largest absolute Gasteiger partial charge is 0.506 e. The first-order chi connectivity index (χ1) is 29.2. The van der Waals surface area contributed by atoms with Crippen LogP contribution in [0.25, 0.3) is 10.9 Å². The van der Waals surface area contributed by atoms with Crippen LogP contribution in [-0.4, -0.2) is 96.1 Å². The molecule has 5 aromatic rings. The first kappa shape index (κ1) is 40.9. The molecule has 5 N–H and O–H groups in total. The van der Waals surface area contributed by atoms with Crippen LogP contribution in [0.5, 0.6) is 17.2 Å². The van der Waals surface area contributed by atoms with Crippen LogP contribution in [0.4, 0.5) is 4.79 Å². The van der Waals surface area contributed by atoms with Crippen LogP contribution in [0, 0.1) is 11.8 Å². The summed E-state index contributed by atoms with van der Waals surface area (Å²) in [5, 5.41) is 28.1. The summed E-state index contributed by atoms with van der Waals surface area (Å²) < 4.78 is 18.0. The molecule has 314 valence electrons. The second kappa shape index (κ2) is 18.6. The third-order valence-corrected chi connectivity index (χ3v) is 12.3. The average Bonchev–Trinajstić information content (AvgIpc) is 3.28. The van der Waals surface area contributed by atoms with Crippen molar-refractivity contribution in [2.45, 2.75) is 50.5 Å². The molecule has 9 rings (SSSR count). The number of alkyl carbamates (subject to hydrolysis) is 1. The van der Waals surface area contributed by atoms with Gasteiger partial charge in [0.1, 0.15) is 23.4 Å². The fourth-order valence-corrected chi connectivity index (χ4v) is 8.85. The number of benzene rings is 4. The molecule has 1 aromatic heterocycles. The maximum atomic E-state index is 13.6. The van der Waals surface area contributed by atoms with Crippen molar-refractivity contribution in [1.29, 1.82) is 0 Å². The number of hydrogen-bond acceptors (Lipinski definition) is 10. The Kier molecular flexibility index (Phi) is 12.7. The molecule has 0 radical (unpaired) electrons. The van der Waals surface area contributed by atoms with E-state index in [-0.39, 0.29) is 41.3 Å². The van der Waals surface area contributed by atoms with Crippen LogP contribution < -0.4 is 25.7 Å². The summed E-state index contributed by atoms with van der Waals surface area (Å²) in [5.74, 6) is 1.87. The third kappa shape index (κ3) is 9.44. The molecule has 3 atom stereocenters. The molecule has 0 spiro atoms. The Labute approximate surface area is 349 Å². The number of likely N-dealkylation sites (tertiary alicyclic amines) is 1. The van der Waals surface area contributed by atoms with E-state index in [1.165, 1.54) is 12.1 Å². The summed E-state index contributed by atoms with van der Waals surface area (Å²) in [5.41, 5.74) is 3.75. The van der Waals surface area contributed by atoms with Gasteiger partial charge in [-0.2, -0.15) is 0 Å². The van der Waals surface area contributed by atoms with E-state index in [0.717, 1.165) is 67.8 Å². The number of aromatic hydroxyl groups is 1. The number of aliphatic hydroxyl groups excluding tert-OH is 1. The molecule has 4 aliphatic heterocycles. The van der Waals surface area contributed by atoms with Gasteiger partial charge >= 0.3 is 6.09 Å². The minimum absolute atomic E-state index is 0.0565. The predicted octanol–water partition coefficient (Wildman–Crippen LogP) is 5.91. The minimum Gasteiger partial charge on any atom is -0.506 e. The Morgan fingerprint density at radius 1 is 0.883 bits per heavy atom. The maximum Gasteiger partial charge on any atom is 0.408 e. The number of nitrogens with zero attached hydrogens (tertiary/aromatic N) is 2. The molecular weight excluding hydrogens is 763 g/mol. The van der Waals surface area contributed by atoms with Crippen molar-refractivity contribution in [1.82, 2.24) is 25.4 Å². The second-order valence-corrected chi connectivity index (χ2v) is 16.1. The monoisotopic (exact) mass is 815 g/mol. The summed E-state index contributed by atoms with van der Waals surface area (Å²) in [6.45, 7) is 5.28. The molecule has 4 fully saturated rings. The van der Waals surface area contributed by atoms with Gasteiger partial charge in [0, 0.05) is 55.3 Å². The standard InChI is InChI=1S/C47H53N5O8/c1-58-41-25-34(10-11-35(41)26-48-27-40(54)37-12-14-39(53)45-38(37)13-15-43(55)49-45)46(56)52-22-16-30(17-23-52)29-59-36-9-5-8-33(24-36)44(32-6-3-2-4-7-32)50-47(57)60-42-28-51-20-18-31(42)19-21-51/h2-15,24-25,30-31,40,42,44,48,53-54H,16-23,26-29H2,1H3,(H,49,55)(H,50,57)/t40-,42+,44-/m0/s1. The van der Waals surface area contributed by atoms with Crippen LogP contribution in [0.15, 0.2) is 102 Å². The Hall–Kier alpha value is -5.89. The van der Waals surface area contributed by atoms with Gasteiger partial charge in [-0.1, -0.05) is 54.6 Å². The predicted molar refractivity (Wildman–Crippen MR) is 227 cm³/mol. The summed E-state index contributed by atoms with van der Waals surface area (Å²) >= 11 is 0. The van der Waals surface area contributed by atoms with Crippen LogP contribution >= 0.6 is 0 Å². The van der Waals surface area contributed by atoms with Gasteiger partial charge in [0.05, 0.1) is 31.4 Å². The van der Waals surface area contributed by atoms with Gasteiger partial charge < -0.3 is 44.9 Å². The molecule has 0 aliphatic carbocycles. The van der Waals surface area contributed by atoms with E-state index < -0.39 is 18.2 Å². The van der Waals surface area contributed by atoms with E-state index >= 15 is 0 Å². The Morgan fingerprint density at radius 2 is 1.67 bits per heavy atom. The van der Waals surface area contributed by atoms with Crippen molar-refractivity contribution in [2.75, 3.05) is 53.0 Å². The second-order valence-electron chi connectivity index (χ2n) is 16.1. The van der Waals surface area contributed by atoms with Gasteiger partial charge in [0.2, 0.25) is 5.56 Å². The van der Waals surface area contributed by atoms with Gasteiger partial charge in [-0.05, 0) is 104 Å². The highest BCUT2D eigenvalue weighted by Crippen LogP contribution is 2.32. The number of methoxy groups -OCH3 is 1. The Balaban J connectivity index is 0.825. The van der Waals surface area contributed by atoms with Crippen LogP contribution in [-0.2, 0) is 11.3 Å². The molecule has 13 nitrogen and oxygen atoms in total. The van der Waals surface area contributed by atoms with E-state index in [4.69, 9.17) is 14.2 Å². The maximum absolute atomic E-state index is 13.6. The number of phenols is 1. The lowest BCUT2D eigenvalue weighted by Crippen LogP contribution is -2.52. The number of piperidine rings is 4. The van der Waals surface area contributed by atoms with Crippen LogP contribution in [0.1, 0.15) is 70.4 Å². The van der Waals surface area contributed by atoms with E-state index in [1.807, 2.05) is 65.6 Å². The molecular formula is C47H53N5O8. The first-order valence-electron chi connectivity index (χ1n) is 20.9. The number of aromatic amines is 1. The Morgan fingerprint density at radius 3 is 2.42 bits per heavy atom. The van der Waals surface area contributed by atoms with Crippen LogP contribution in [0.2, 0.25) is 0 Å². The van der Waals surface area contributed by atoms with Gasteiger partial charge in [-0.25, -0.2) is 4.79 Å². The van der Waals surface area contributed by atoms with Crippen molar-refractivity contribution < 1.29 is 34.0 Å². The molecule has 5 heterocycles. The van der Waals surface area contributed by atoms with Crippen molar-refractivity contribution >= 4 is 22.9 Å². The highest BCUT2D eigenvalue weighted by Gasteiger charge is 2.37. The smallest absolute Gasteiger partial charge is 0.408 e. The van der Waals surface area contributed by atoms with Gasteiger partial charge in [-0.3, -0.25) is 14.5 Å². The number of aliphatic hydroxyl groups is 1. The van der Waals surface area contributed by atoms with Gasteiger partial charge in [-0.15, -0.1) is 0 Å². The lowest BCUT2D eigenvalue weighted by Gasteiger charge is -2.43. The van der Waals surface area contributed by atoms with Crippen molar-refractivity contribution in [3.8, 4) is 17.2 Å². The van der Waals surface area contributed by atoms with E-state index in [0.29, 0.717) is 54.4 Å². The number of carbonyl (C=O) groups excluding carboxylic acids is 2. The van der Waals surface area contributed by atoms with E-state index in [9.17, 15) is 24.6 Å². The van der Waals surface area contributed by atoms with E-state index in [1.54, 1.807) is 31.4 Å². The summed E-state index contributed by atoms with van der Waals surface area (Å²) in [7, 11) is 1.57. The summed E-state index contributed by atoms with van der Waals surface area (Å²) in [6.07, 6.45) is 2.36. The average molecular weight is 816 g/mol. The van der Waals surface area contributed by atoms with Crippen molar-refractivity contribution in [3.63, 3.8) is 0 Å². The quantitative estimate of drug-likeness (QED) is 0.0911. The lowest BCUT2D eigenvalue weighted by atomic mass is 9.86. The molecule has 60 heavy (non-hydrogen) atoms. The third-order valence-electron chi connectivity index (χ3n) is 12.3. The van der Waals surface area contributed by atoms with Crippen molar-refractivity contribution in [3.05, 3.63) is 135 Å². The molecule has 4 aromatic carbocycles. The molecule has 0 unspecified atom stereocenters. The lowest BCUT2D eigenvalue weighted by molar-refractivity contribution is -0.0336. The molecule has 2 bridgehead atoms. The van der Waals surface area contributed by atoms with Crippen LogP contribution in [0.3, 0.4) is 0 Å². The zero-order valence-corrected chi connectivity index (χ0v) is 33.8. The number of rotatable bonds is 14. The summed E-state index contributed by atoms with van der Waals surface area (Å²) in [6, 6.07) is 28.8. The molecule has 4 saturated heterocycles. The number of hydrogen-bond donors (Lipinski definition) is 5. The Bertz CT molecular complexity index is 2340. The number of phenolic OH excluding ortho intramolecular Hbond substituents is 1. The van der Waals surface area contributed by atoms with Crippen molar-refractivity contribution in [2.24, 2.45) is 11.8 Å². The minimum atomic E-state index is -0.907. The summed E-state index contributed by atoms with van der Waals surface area (Å²) in [4.78, 5) is 45.6. The van der Waals surface area contributed by atoms with Gasteiger partial charge in [0.15, 0.2) is 0 Å². The normalized spacial score (nSPS) is 20.0. The molecule has 4 aliphatic rings. The number of aromatic nitrogens is 1.